The number of hydrogen-bond donors (Lipinski definition) is 4. The second kappa shape index (κ2) is 10.5. The van der Waals surface area contributed by atoms with Crippen LogP contribution in [0, 0.1) is 0 Å². The molecule has 0 fully saturated rings. The molecule has 1 amide bonds. The summed E-state index contributed by atoms with van der Waals surface area (Å²) in [7, 11) is 1.58. The first-order chi connectivity index (χ1) is 13.0. The second-order valence-electron chi connectivity index (χ2n) is 5.11. The van der Waals surface area contributed by atoms with Gasteiger partial charge in [0.05, 0.1) is 13.7 Å². The highest BCUT2D eigenvalue weighted by Gasteiger charge is 2.06. The lowest BCUT2D eigenvalue weighted by Gasteiger charge is -2.12. The van der Waals surface area contributed by atoms with Gasteiger partial charge in [0.25, 0.3) is 11.7 Å². The summed E-state index contributed by atoms with van der Waals surface area (Å²) in [5.41, 5.74) is 6.40. The molecule has 0 radical (unpaired) electrons. The third kappa shape index (κ3) is 7.67. The van der Waals surface area contributed by atoms with Crippen molar-refractivity contribution in [3.63, 3.8) is 0 Å². The molecule has 0 aliphatic heterocycles. The zero-order chi connectivity index (χ0) is 19.6. The van der Waals surface area contributed by atoms with E-state index in [2.05, 4.69) is 21.5 Å². The molecule has 10 heteroatoms. The first-order valence-electron chi connectivity index (χ1n) is 7.75. The SMILES string of the molecule is COc1ccc(NCC(=O)NNC(=S)Nc2ccc(SC(F)F)cc2)cc1. The average Bonchev–Trinajstić information content (AvgIpc) is 2.66. The molecule has 0 unspecified atom stereocenters. The van der Waals surface area contributed by atoms with Gasteiger partial charge in [0.1, 0.15) is 5.75 Å². The van der Waals surface area contributed by atoms with Crippen molar-refractivity contribution in [3.8, 4) is 5.75 Å². The number of hydrogen-bond acceptors (Lipinski definition) is 5. The van der Waals surface area contributed by atoms with Gasteiger partial charge < -0.3 is 15.4 Å². The predicted octanol–water partition coefficient (Wildman–Crippen LogP) is 3.44. The summed E-state index contributed by atoms with van der Waals surface area (Å²) in [5, 5.41) is 5.96. The Hall–Kier alpha value is -2.59. The van der Waals surface area contributed by atoms with E-state index >= 15 is 0 Å². The van der Waals surface area contributed by atoms with Crippen molar-refractivity contribution in [2.45, 2.75) is 10.7 Å². The maximum Gasteiger partial charge on any atom is 0.288 e. The van der Waals surface area contributed by atoms with Crippen LogP contribution in [0.5, 0.6) is 5.75 Å². The molecule has 2 rings (SSSR count). The minimum absolute atomic E-state index is 0.0431. The van der Waals surface area contributed by atoms with E-state index in [0.717, 1.165) is 11.4 Å². The normalized spacial score (nSPS) is 10.2. The van der Waals surface area contributed by atoms with E-state index < -0.39 is 5.76 Å². The molecule has 0 saturated carbocycles. The molecule has 0 atom stereocenters. The van der Waals surface area contributed by atoms with Crippen LogP contribution in [-0.2, 0) is 4.79 Å². The number of thiocarbonyl (C=S) groups is 1. The maximum atomic E-state index is 12.3. The van der Waals surface area contributed by atoms with Gasteiger partial charge in [-0.05, 0) is 60.7 Å². The molecule has 0 spiro atoms. The van der Waals surface area contributed by atoms with Crippen LogP contribution in [0.2, 0.25) is 0 Å². The Bertz CT molecular complexity index is 759. The summed E-state index contributed by atoms with van der Waals surface area (Å²) >= 11 is 5.53. The minimum atomic E-state index is -2.46. The van der Waals surface area contributed by atoms with E-state index in [1.165, 1.54) is 0 Å². The minimum Gasteiger partial charge on any atom is -0.497 e. The predicted molar refractivity (Wildman–Crippen MR) is 107 cm³/mol. The highest BCUT2D eigenvalue weighted by Crippen LogP contribution is 2.26. The number of thioether (sulfide) groups is 1. The van der Waals surface area contributed by atoms with E-state index in [9.17, 15) is 13.6 Å². The van der Waals surface area contributed by atoms with Gasteiger partial charge >= 0.3 is 0 Å². The van der Waals surface area contributed by atoms with Crippen LogP contribution in [0.25, 0.3) is 0 Å². The quantitative estimate of drug-likeness (QED) is 0.315. The van der Waals surface area contributed by atoms with Gasteiger partial charge in [0, 0.05) is 16.3 Å². The van der Waals surface area contributed by atoms with E-state index in [4.69, 9.17) is 17.0 Å². The second-order valence-corrected chi connectivity index (χ2v) is 6.58. The number of ether oxygens (including phenoxy) is 1. The molecule has 2 aromatic carbocycles. The number of benzene rings is 2. The zero-order valence-corrected chi connectivity index (χ0v) is 15.9. The monoisotopic (exact) mass is 412 g/mol. The van der Waals surface area contributed by atoms with Crippen LogP contribution in [0.4, 0.5) is 20.2 Å². The number of methoxy groups -OCH3 is 1. The molecular weight excluding hydrogens is 394 g/mol. The Labute approximate surface area is 165 Å². The van der Waals surface area contributed by atoms with Gasteiger partial charge in [-0.2, -0.15) is 8.78 Å². The Balaban J connectivity index is 1.70. The highest BCUT2D eigenvalue weighted by molar-refractivity contribution is 7.99. The smallest absolute Gasteiger partial charge is 0.288 e. The fraction of sp³-hybridized carbons (Fsp3) is 0.176. The number of carbonyl (C=O) groups is 1. The lowest BCUT2D eigenvalue weighted by molar-refractivity contribution is -0.119. The highest BCUT2D eigenvalue weighted by atomic mass is 32.2. The summed E-state index contributed by atoms with van der Waals surface area (Å²) in [5.74, 6) is -2.06. The molecule has 0 aliphatic carbocycles. The number of carbonyl (C=O) groups excluding carboxylic acids is 1. The Morgan fingerprint density at radius 3 is 2.30 bits per heavy atom. The van der Waals surface area contributed by atoms with Crippen LogP contribution >= 0.6 is 24.0 Å². The molecule has 0 bridgehead atoms. The van der Waals surface area contributed by atoms with Crippen LogP contribution in [-0.4, -0.2) is 30.4 Å². The molecule has 4 N–H and O–H groups in total. The van der Waals surface area contributed by atoms with Crippen LogP contribution in [0.15, 0.2) is 53.4 Å². The Morgan fingerprint density at radius 2 is 1.70 bits per heavy atom. The van der Waals surface area contributed by atoms with Crippen LogP contribution in [0.3, 0.4) is 0 Å². The lowest BCUT2D eigenvalue weighted by Crippen LogP contribution is -2.45. The van der Waals surface area contributed by atoms with Crippen LogP contribution in [0.1, 0.15) is 0 Å². The Morgan fingerprint density at radius 1 is 1.07 bits per heavy atom. The molecular formula is C17H18F2N4O2S2. The van der Waals surface area contributed by atoms with E-state index in [1.807, 2.05) is 0 Å². The third-order valence-electron chi connectivity index (χ3n) is 3.20. The summed E-state index contributed by atoms with van der Waals surface area (Å²) in [6, 6.07) is 13.5. The topological polar surface area (TPSA) is 74.4 Å². The first kappa shape index (κ1) is 20.7. The molecule has 0 saturated heterocycles. The largest absolute Gasteiger partial charge is 0.497 e. The van der Waals surface area contributed by atoms with Crippen molar-refractivity contribution in [1.82, 2.24) is 10.9 Å². The summed E-state index contributed by atoms with van der Waals surface area (Å²) in [6.07, 6.45) is 0. The van der Waals surface area contributed by atoms with Gasteiger partial charge in [0.15, 0.2) is 5.11 Å². The number of halogens is 2. The summed E-state index contributed by atoms with van der Waals surface area (Å²) < 4.78 is 29.6. The maximum absolute atomic E-state index is 12.3. The van der Waals surface area contributed by atoms with Gasteiger partial charge in [-0.1, -0.05) is 11.8 Å². The van der Waals surface area contributed by atoms with Crippen molar-refractivity contribution in [2.24, 2.45) is 0 Å². The van der Waals surface area contributed by atoms with Gasteiger partial charge in [-0.25, -0.2) is 0 Å². The first-order valence-corrected chi connectivity index (χ1v) is 9.03. The number of alkyl halides is 2. The number of rotatable bonds is 7. The molecule has 6 nitrogen and oxygen atoms in total. The van der Waals surface area contributed by atoms with Crippen LogP contribution < -0.4 is 26.2 Å². The molecule has 0 aliphatic rings. The van der Waals surface area contributed by atoms with Crippen molar-refractivity contribution in [3.05, 3.63) is 48.5 Å². The zero-order valence-electron chi connectivity index (χ0n) is 14.3. The lowest BCUT2D eigenvalue weighted by atomic mass is 10.3. The molecule has 0 heterocycles. The standard InChI is InChI=1S/C17H18F2N4O2S2/c1-25-13-6-2-11(3-7-13)20-10-15(24)22-23-17(26)21-12-4-8-14(9-5-12)27-16(18)19/h2-9,16,20H,10H2,1H3,(H,22,24)(H2,21,23,26). The average molecular weight is 412 g/mol. The van der Waals surface area contributed by atoms with E-state index in [-0.39, 0.29) is 17.6 Å². The molecule has 144 valence electrons. The van der Waals surface area contributed by atoms with Crippen molar-refractivity contribution in [1.29, 1.82) is 0 Å². The number of anilines is 2. The molecule has 2 aromatic rings. The summed E-state index contributed by atoms with van der Waals surface area (Å²) in [6.45, 7) is 0.0431. The molecule has 0 aromatic heterocycles. The van der Waals surface area contributed by atoms with Gasteiger partial charge in [-0.3, -0.25) is 15.6 Å². The summed E-state index contributed by atoms with van der Waals surface area (Å²) in [4.78, 5) is 12.3. The van der Waals surface area contributed by atoms with Crippen molar-refractivity contribution >= 4 is 46.4 Å². The Kier molecular flexibility index (Phi) is 8.08. The van der Waals surface area contributed by atoms with Crippen molar-refractivity contribution < 1.29 is 18.3 Å². The van der Waals surface area contributed by atoms with E-state index in [1.54, 1.807) is 55.6 Å². The van der Waals surface area contributed by atoms with Crippen molar-refractivity contribution in [2.75, 3.05) is 24.3 Å². The number of hydrazine groups is 1. The van der Waals surface area contributed by atoms with E-state index in [0.29, 0.717) is 22.3 Å². The van der Waals surface area contributed by atoms with Gasteiger partial charge in [-0.15, -0.1) is 0 Å². The number of nitrogens with one attached hydrogen (secondary N) is 4. The number of amides is 1. The fourth-order valence-electron chi connectivity index (χ4n) is 1.94. The molecule has 27 heavy (non-hydrogen) atoms. The fourth-order valence-corrected chi connectivity index (χ4v) is 2.61. The third-order valence-corrected chi connectivity index (χ3v) is 4.12. The van der Waals surface area contributed by atoms with Gasteiger partial charge in [0.2, 0.25) is 0 Å².